The number of anilines is 2. The molecule has 3 aromatic carbocycles. The average molecular weight is 473 g/mol. The third-order valence-electron chi connectivity index (χ3n) is 4.72. The summed E-state index contributed by atoms with van der Waals surface area (Å²) in [5, 5.41) is 6.22. The van der Waals surface area contributed by atoms with Crippen molar-refractivity contribution in [3.8, 4) is 0 Å². The molecule has 7 heteroatoms. The van der Waals surface area contributed by atoms with Crippen molar-refractivity contribution in [1.29, 1.82) is 0 Å². The van der Waals surface area contributed by atoms with Gasteiger partial charge in [0.05, 0.1) is 15.8 Å². The summed E-state index contributed by atoms with van der Waals surface area (Å²) in [6.07, 6.45) is 0. The highest BCUT2D eigenvalue weighted by molar-refractivity contribution is 8.00. The van der Waals surface area contributed by atoms with Crippen LogP contribution in [-0.2, 0) is 4.79 Å². The van der Waals surface area contributed by atoms with E-state index < -0.39 is 0 Å². The lowest BCUT2D eigenvalue weighted by molar-refractivity contribution is -0.115. The Morgan fingerprint density at radius 2 is 1.61 bits per heavy atom. The summed E-state index contributed by atoms with van der Waals surface area (Å²) < 4.78 is 0. The number of thioether (sulfide) groups is 1. The molecule has 0 fully saturated rings. The van der Waals surface area contributed by atoms with Crippen LogP contribution >= 0.6 is 35.0 Å². The van der Waals surface area contributed by atoms with Crippen LogP contribution in [-0.4, -0.2) is 17.1 Å². The molecule has 1 atom stereocenters. The Hall–Kier alpha value is -2.47. The van der Waals surface area contributed by atoms with Crippen LogP contribution in [0.3, 0.4) is 0 Å². The zero-order valence-corrected chi connectivity index (χ0v) is 19.7. The van der Waals surface area contributed by atoms with Crippen LogP contribution < -0.4 is 10.6 Å². The molecule has 2 amide bonds. The van der Waals surface area contributed by atoms with Crippen LogP contribution in [0.5, 0.6) is 0 Å². The smallest absolute Gasteiger partial charge is 0.257 e. The predicted molar refractivity (Wildman–Crippen MR) is 131 cm³/mol. The van der Waals surface area contributed by atoms with Gasteiger partial charge in [0.2, 0.25) is 5.91 Å². The molecule has 3 rings (SSSR count). The molecule has 0 spiro atoms. The van der Waals surface area contributed by atoms with Crippen molar-refractivity contribution < 1.29 is 9.59 Å². The molecule has 0 aromatic heterocycles. The Kier molecular flexibility index (Phi) is 7.65. The van der Waals surface area contributed by atoms with Gasteiger partial charge in [0.25, 0.3) is 5.91 Å². The number of halogens is 2. The largest absolute Gasteiger partial charge is 0.325 e. The van der Waals surface area contributed by atoms with Gasteiger partial charge in [-0.15, -0.1) is 11.8 Å². The maximum Gasteiger partial charge on any atom is 0.257 e. The number of amides is 2. The summed E-state index contributed by atoms with van der Waals surface area (Å²) in [7, 11) is 0. The Morgan fingerprint density at radius 3 is 2.32 bits per heavy atom. The zero-order valence-electron chi connectivity index (χ0n) is 17.3. The fourth-order valence-electron chi connectivity index (χ4n) is 2.84. The van der Waals surface area contributed by atoms with Gasteiger partial charge in [-0.2, -0.15) is 0 Å². The van der Waals surface area contributed by atoms with Gasteiger partial charge < -0.3 is 10.6 Å². The quantitative estimate of drug-likeness (QED) is 0.380. The highest BCUT2D eigenvalue weighted by Crippen LogP contribution is 2.28. The SMILES string of the molecule is Cc1ccc(NC(=O)C(C)Sc2cccc(NC(=O)c3ccc(Cl)cc3Cl)c2)cc1C. The summed E-state index contributed by atoms with van der Waals surface area (Å²) in [5.74, 6) is -0.417. The minimum atomic E-state index is -0.329. The zero-order chi connectivity index (χ0) is 22.5. The Bertz CT molecular complexity index is 1130. The van der Waals surface area contributed by atoms with Crippen molar-refractivity contribution in [2.45, 2.75) is 30.9 Å². The summed E-state index contributed by atoms with van der Waals surface area (Å²) in [5.41, 5.74) is 4.04. The minimum absolute atomic E-state index is 0.0874. The predicted octanol–water partition coefficient (Wildman–Crippen LogP) is 6.98. The van der Waals surface area contributed by atoms with Crippen molar-refractivity contribution in [3.05, 3.63) is 87.4 Å². The monoisotopic (exact) mass is 472 g/mol. The third-order valence-corrected chi connectivity index (χ3v) is 6.37. The van der Waals surface area contributed by atoms with E-state index in [2.05, 4.69) is 10.6 Å². The number of carbonyl (C=O) groups is 2. The average Bonchev–Trinajstić information content (AvgIpc) is 2.70. The van der Waals surface area contributed by atoms with Crippen LogP contribution in [0.25, 0.3) is 0 Å². The van der Waals surface area contributed by atoms with Crippen molar-refractivity contribution in [2.24, 2.45) is 0 Å². The Balaban J connectivity index is 1.64. The van der Waals surface area contributed by atoms with Crippen molar-refractivity contribution in [1.82, 2.24) is 0 Å². The first-order valence-electron chi connectivity index (χ1n) is 9.64. The van der Waals surface area contributed by atoms with Gasteiger partial charge in [-0.1, -0.05) is 35.3 Å². The number of nitrogens with one attached hydrogen (secondary N) is 2. The lowest BCUT2D eigenvalue weighted by atomic mass is 10.1. The molecule has 4 nitrogen and oxygen atoms in total. The minimum Gasteiger partial charge on any atom is -0.325 e. The Morgan fingerprint density at radius 1 is 0.871 bits per heavy atom. The van der Waals surface area contributed by atoms with Gasteiger partial charge in [-0.3, -0.25) is 9.59 Å². The highest BCUT2D eigenvalue weighted by atomic mass is 35.5. The van der Waals surface area contributed by atoms with E-state index in [1.54, 1.807) is 18.2 Å². The molecule has 0 saturated carbocycles. The summed E-state index contributed by atoms with van der Waals surface area (Å²) in [6, 6.07) is 17.9. The number of rotatable bonds is 6. The first kappa shape index (κ1) is 23.2. The van der Waals surface area contributed by atoms with E-state index in [1.807, 2.05) is 57.2 Å². The van der Waals surface area contributed by atoms with E-state index in [-0.39, 0.29) is 22.1 Å². The van der Waals surface area contributed by atoms with E-state index in [9.17, 15) is 9.59 Å². The summed E-state index contributed by atoms with van der Waals surface area (Å²) in [4.78, 5) is 26.0. The molecule has 2 N–H and O–H groups in total. The summed E-state index contributed by atoms with van der Waals surface area (Å²) in [6.45, 7) is 5.89. The van der Waals surface area contributed by atoms with Gasteiger partial charge in [0.1, 0.15) is 0 Å². The molecule has 1 unspecified atom stereocenters. The fraction of sp³-hybridized carbons (Fsp3) is 0.167. The van der Waals surface area contributed by atoms with Crippen LogP contribution in [0.2, 0.25) is 10.0 Å². The van der Waals surface area contributed by atoms with Gasteiger partial charge in [-0.05, 0) is 80.4 Å². The van der Waals surface area contributed by atoms with Gasteiger partial charge in [-0.25, -0.2) is 0 Å². The number of carbonyl (C=O) groups excluding carboxylic acids is 2. The van der Waals surface area contributed by atoms with Crippen LogP contribution in [0.4, 0.5) is 11.4 Å². The van der Waals surface area contributed by atoms with Gasteiger partial charge >= 0.3 is 0 Å². The molecule has 0 aliphatic rings. The fourth-order valence-corrected chi connectivity index (χ4v) is 4.26. The summed E-state index contributed by atoms with van der Waals surface area (Å²) >= 11 is 13.4. The molecule has 0 aliphatic heterocycles. The first-order valence-corrected chi connectivity index (χ1v) is 11.3. The van der Waals surface area contributed by atoms with E-state index in [0.717, 1.165) is 16.1 Å². The van der Waals surface area contributed by atoms with E-state index in [4.69, 9.17) is 23.2 Å². The van der Waals surface area contributed by atoms with E-state index in [1.165, 1.54) is 23.4 Å². The maximum atomic E-state index is 12.6. The second-order valence-corrected chi connectivity index (χ2v) is 9.41. The van der Waals surface area contributed by atoms with Gasteiger partial charge in [0, 0.05) is 21.3 Å². The third kappa shape index (κ3) is 6.26. The number of hydrogen-bond donors (Lipinski definition) is 2. The second-order valence-electron chi connectivity index (χ2n) is 7.15. The molecule has 0 bridgehead atoms. The normalized spacial score (nSPS) is 11.6. The maximum absolute atomic E-state index is 12.6. The van der Waals surface area contributed by atoms with Crippen molar-refractivity contribution in [3.63, 3.8) is 0 Å². The molecule has 0 heterocycles. The van der Waals surface area contributed by atoms with Crippen molar-refractivity contribution >= 4 is 58.2 Å². The topological polar surface area (TPSA) is 58.2 Å². The molecule has 3 aromatic rings. The lowest BCUT2D eigenvalue weighted by Crippen LogP contribution is -2.22. The number of hydrogen-bond acceptors (Lipinski definition) is 3. The van der Waals surface area contributed by atoms with E-state index >= 15 is 0 Å². The highest BCUT2D eigenvalue weighted by Gasteiger charge is 2.16. The van der Waals surface area contributed by atoms with Crippen LogP contribution in [0.1, 0.15) is 28.4 Å². The van der Waals surface area contributed by atoms with Gasteiger partial charge in [0.15, 0.2) is 0 Å². The molecular weight excluding hydrogens is 451 g/mol. The Labute approximate surface area is 196 Å². The molecular formula is C24H22Cl2N2O2S. The second kappa shape index (κ2) is 10.2. The van der Waals surface area contributed by atoms with Crippen LogP contribution in [0, 0.1) is 13.8 Å². The standard InChI is InChI=1S/C24H22Cl2N2O2S/c1-14-7-9-19(11-15(14)2)27-23(29)16(3)31-20-6-4-5-18(13-20)28-24(30)21-10-8-17(25)12-22(21)26/h4-13,16H,1-3H3,(H,27,29)(H,28,30). The molecule has 160 valence electrons. The van der Waals surface area contributed by atoms with Crippen molar-refractivity contribution in [2.75, 3.05) is 10.6 Å². The molecule has 0 saturated heterocycles. The number of aryl methyl sites for hydroxylation is 2. The number of benzene rings is 3. The molecule has 0 aliphatic carbocycles. The van der Waals surface area contributed by atoms with Crippen LogP contribution in [0.15, 0.2) is 65.6 Å². The molecule has 0 radical (unpaired) electrons. The van der Waals surface area contributed by atoms with E-state index in [0.29, 0.717) is 16.3 Å². The first-order chi connectivity index (χ1) is 14.7. The molecule has 31 heavy (non-hydrogen) atoms. The lowest BCUT2D eigenvalue weighted by Gasteiger charge is -2.14.